The van der Waals surface area contributed by atoms with Crippen molar-refractivity contribution >= 4 is 0 Å². The number of ether oxygens (including phenoxy) is 1. The topological polar surface area (TPSA) is 49.7 Å². The number of aliphatic hydroxyl groups is 2. The molecular formula is C18H32O3. The summed E-state index contributed by atoms with van der Waals surface area (Å²) >= 11 is 0. The maximum absolute atomic E-state index is 8.71. The van der Waals surface area contributed by atoms with Gasteiger partial charge in [-0.05, 0) is 41.9 Å². The van der Waals surface area contributed by atoms with E-state index in [1.807, 2.05) is 12.1 Å². The Kier molecular flexibility index (Phi) is 8.60. The summed E-state index contributed by atoms with van der Waals surface area (Å²) in [6.07, 6.45) is 1.14. The number of benzene rings is 1. The Labute approximate surface area is 130 Å². The fourth-order valence-electron chi connectivity index (χ4n) is 2.59. The number of hydrogen-bond acceptors (Lipinski definition) is 3. The van der Waals surface area contributed by atoms with Crippen LogP contribution in [0.2, 0.25) is 0 Å². The average molecular weight is 296 g/mol. The van der Waals surface area contributed by atoms with E-state index in [0.29, 0.717) is 12.0 Å². The molecule has 0 aliphatic carbocycles. The van der Waals surface area contributed by atoms with E-state index in [-0.39, 0.29) is 18.6 Å². The highest BCUT2D eigenvalue weighted by Crippen LogP contribution is 2.36. The second kappa shape index (κ2) is 9.06. The van der Waals surface area contributed by atoms with Crippen LogP contribution in [0.5, 0.6) is 5.75 Å². The van der Waals surface area contributed by atoms with Gasteiger partial charge in [0, 0.05) is 6.61 Å². The van der Waals surface area contributed by atoms with Crippen molar-refractivity contribution in [1.82, 2.24) is 0 Å². The van der Waals surface area contributed by atoms with E-state index in [2.05, 4.69) is 46.8 Å². The summed E-state index contributed by atoms with van der Waals surface area (Å²) < 4.78 is 5.37. The zero-order valence-corrected chi connectivity index (χ0v) is 14.4. The van der Waals surface area contributed by atoms with Gasteiger partial charge in [0.15, 0.2) is 0 Å². The first-order chi connectivity index (χ1) is 9.66. The summed E-state index contributed by atoms with van der Waals surface area (Å²) in [5, 5.41) is 16.3. The summed E-state index contributed by atoms with van der Waals surface area (Å²) in [7, 11) is 0. The molecule has 0 aliphatic rings. The number of rotatable bonds is 5. The molecule has 1 aromatic carbocycles. The highest BCUT2D eigenvalue weighted by molar-refractivity contribution is 5.31. The third-order valence-electron chi connectivity index (χ3n) is 2.97. The summed E-state index contributed by atoms with van der Waals surface area (Å²) in [6.45, 7) is 13.7. The van der Waals surface area contributed by atoms with E-state index in [1.54, 1.807) is 6.92 Å². The molecule has 0 aromatic heterocycles. The summed E-state index contributed by atoms with van der Waals surface area (Å²) in [4.78, 5) is 0. The van der Waals surface area contributed by atoms with Gasteiger partial charge < -0.3 is 14.9 Å². The highest BCUT2D eigenvalue weighted by Gasteiger charge is 2.27. The van der Waals surface area contributed by atoms with Crippen molar-refractivity contribution in [3.05, 3.63) is 29.8 Å². The van der Waals surface area contributed by atoms with E-state index in [1.165, 1.54) is 5.56 Å². The molecule has 0 aliphatic heterocycles. The van der Waals surface area contributed by atoms with Crippen molar-refractivity contribution in [3.8, 4) is 5.75 Å². The van der Waals surface area contributed by atoms with Crippen LogP contribution in [0, 0.1) is 5.41 Å². The van der Waals surface area contributed by atoms with Gasteiger partial charge in [-0.25, -0.2) is 0 Å². The van der Waals surface area contributed by atoms with E-state index in [4.69, 9.17) is 14.9 Å². The van der Waals surface area contributed by atoms with Gasteiger partial charge in [0.2, 0.25) is 0 Å². The molecule has 0 radical (unpaired) electrons. The maximum Gasteiger partial charge on any atom is 0.119 e. The van der Waals surface area contributed by atoms with Crippen LogP contribution in [-0.4, -0.2) is 30.0 Å². The SMILES string of the molecule is CC(C)(C)CC(C)(C)c1ccc(OCCO)cc1.CCO. The molecule has 0 saturated carbocycles. The van der Waals surface area contributed by atoms with Crippen LogP contribution in [0.1, 0.15) is 53.5 Å². The predicted molar refractivity (Wildman–Crippen MR) is 88.9 cm³/mol. The summed E-state index contributed by atoms with van der Waals surface area (Å²) in [6, 6.07) is 8.21. The van der Waals surface area contributed by atoms with Crippen molar-refractivity contribution in [3.63, 3.8) is 0 Å². The van der Waals surface area contributed by atoms with Crippen LogP contribution >= 0.6 is 0 Å². The fraction of sp³-hybridized carbons (Fsp3) is 0.667. The molecule has 21 heavy (non-hydrogen) atoms. The van der Waals surface area contributed by atoms with Crippen LogP contribution in [-0.2, 0) is 5.41 Å². The zero-order chi connectivity index (χ0) is 16.5. The van der Waals surface area contributed by atoms with Gasteiger partial charge in [-0.2, -0.15) is 0 Å². The summed E-state index contributed by atoms with van der Waals surface area (Å²) in [5.41, 5.74) is 1.80. The molecule has 0 unspecified atom stereocenters. The van der Waals surface area contributed by atoms with E-state index in [0.717, 1.165) is 12.2 Å². The second-order valence-corrected chi connectivity index (χ2v) is 7.03. The fourth-order valence-corrected chi connectivity index (χ4v) is 2.59. The van der Waals surface area contributed by atoms with Gasteiger partial charge >= 0.3 is 0 Å². The third kappa shape index (κ3) is 8.74. The Balaban J connectivity index is 0.00000122. The highest BCUT2D eigenvalue weighted by atomic mass is 16.5. The molecule has 0 saturated heterocycles. The molecule has 122 valence electrons. The second-order valence-electron chi connectivity index (χ2n) is 7.03. The van der Waals surface area contributed by atoms with Gasteiger partial charge in [0.25, 0.3) is 0 Å². The first-order valence-electron chi connectivity index (χ1n) is 7.61. The average Bonchev–Trinajstić information content (AvgIpc) is 2.35. The van der Waals surface area contributed by atoms with E-state index in [9.17, 15) is 0 Å². The van der Waals surface area contributed by atoms with E-state index >= 15 is 0 Å². The lowest BCUT2D eigenvalue weighted by atomic mass is 9.72. The van der Waals surface area contributed by atoms with Gasteiger partial charge in [-0.3, -0.25) is 0 Å². The van der Waals surface area contributed by atoms with Crippen molar-refractivity contribution < 1.29 is 14.9 Å². The van der Waals surface area contributed by atoms with Gasteiger partial charge in [0.1, 0.15) is 12.4 Å². The molecule has 3 heteroatoms. The Morgan fingerprint density at radius 3 is 1.81 bits per heavy atom. The largest absolute Gasteiger partial charge is 0.491 e. The van der Waals surface area contributed by atoms with Crippen LogP contribution in [0.4, 0.5) is 0 Å². The Hall–Kier alpha value is -1.06. The van der Waals surface area contributed by atoms with Gasteiger partial charge in [-0.1, -0.05) is 46.8 Å². The molecule has 0 heterocycles. The number of aliphatic hydroxyl groups excluding tert-OH is 2. The minimum Gasteiger partial charge on any atom is -0.491 e. The minimum absolute atomic E-state index is 0.0528. The molecule has 1 aromatic rings. The summed E-state index contributed by atoms with van der Waals surface area (Å²) in [5.74, 6) is 0.819. The molecule has 0 amide bonds. The van der Waals surface area contributed by atoms with Crippen molar-refractivity contribution in [1.29, 1.82) is 0 Å². The van der Waals surface area contributed by atoms with Gasteiger partial charge in [0.05, 0.1) is 6.61 Å². The zero-order valence-electron chi connectivity index (χ0n) is 14.4. The Bertz CT molecular complexity index is 374. The first-order valence-corrected chi connectivity index (χ1v) is 7.61. The molecule has 0 atom stereocenters. The van der Waals surface area contributed by atoms with Crippen LogP contribution in [0.3, 0.4) is 0 Å². The molecular weight excluding hydrogens is 264 g/mol. The van der Waals surface area contributed by atoms with Crippen LogP contribution in [0.15, 0.2) is 24.3 Å². The normalized spacial score (nSPS) is 11.6. The maximum atomic E-state index is 8.71. The van der Waals surface area contributed by atoms with Crippen molar-refractivity contribution in [2.24, 2.45) is 5.41 Å². The van der Waals surface area contributed by atoms with Crippen molar-refractivity contribution in [2.45, 2.75) is 53.4 Å². The molecule has 0 bridgehead atoms. The standard InChI is InChI=1S/C16H26O2.C2H6O/c1-15(2,3)12-16(4,5)13-6-8-14(9-7-13)18-11-10-17;1-2-3/h6-9,17H,10-12H2,1-5H3;3H,2H2,1H3. The smallest absolute Gasteiger partial charge is 0.119 e. The molecule has 2 N–H and O–H groups in total. The molecule has 0 spiro atoms. The molecule has 0 fully saturated rings. The van der Waals surface area contributed by atoms with Crippen molar-refractivity contribution in [2.75, 3.05) is 19.8 Å². The Morgan fingerprint density at radius 1 is 0.952 bits per heavy atom. The number of hydrogen-bond donors (Lipinski definition) is 2. The quantitative estimate of drug-likeness (QED) is 0.869. The first kappa shape index (κ1) is 19.9. The Morgan fingerprint density at radius 2 is 1.43 bits per heavy atom. The van der Waals surface area contributed by atoms with E-state index < -0.39 is 0 Å². The van der Waals surface area contributed by atoms with Crippen LogP contribution < -0.4 is 4.74 Å². The lowest BCUT2D eigenvalue weighted by Gasteiger charge is -2.33. The predicted octanol–water partition coefficient (Wildman–Crippen LogP) is 3.77. The van der Waals surface area contributed by atoms with Gasteiger partial charge in [-0.15, -0.1) is 0 Å². The van der Waals surface area contributed by atoms with Crippen LogP contribution in [0.25, 0.3) is 0 Å². The lowest BCUT2D eigenvalue weighted by molar-refractivity contribution is 0.201. The minimum atomic E-state index is 0.0528. The molecule has 1 rings (SSSR count). The molecule has 3 nitrogen and oxygen atoms in total. The monoisotopic (exact) mass is 296 g/mol. The lowest BCUT2D eigenvalue weighted by Crippen LogP contribution is -2.24. The third-order valence-corrected chi connectivity index (χ3v) is 2.97.